The number of anilines is 1. The van der Waals surface area contributed by atoms with Crippen LogP contribution >= 0.6 is 0 Å². The third-order valence-electron chi connectivity index (χ3n) is 2.82. The van der Waals surface area contributed by atoms with Gasteiger partial charge in [-0.1, -0.05) is 18.2 Å². The maximum Gasteiger partial charge on any atom is 0.373 e. The molecule has 5 heteroatoms. The van der Waals surface area contributed by atoms with E-state index in [-0.39, 0.29) is 5.76 Å². The van der Waals surface area contributed by atoms with Crippen molar-refractivity contribution in [2.45, 2.75) is 13.2 Å². The number of hydrogen-bond donors (Lipinski definition) is 1. The Labute approximate surface area is 117 Å². The molecule has 0 radical (unpaired) electrons. The smallest absolute Gasteiger partial charge is 0.373 e. The van der Waals surface area contributed by atoms with Crippen LogP contribution in [0.25, 0.3) is 0 Å². The molecule has 0 spiro atoms. The van der Waals surface area contributed by atoms with Crippen molar-refractivity contribution in [3.05, 3.63) is 53.5 Å². The summed E-state index contributed by atoms with van der Waals surface area (Å²) in [6.07, 6.45) is 0. The molecule has 1 N–H and O–H groups in total. The van der Waals surface area contributed by atoms with Crippen LogP contribution in [0.15, 0.2) is 40.8 Å². The second-order valence-electron chi connectivity index (χ2n) is 4.20. The molecule has 0 amide bonds. The van der Waals surface area contributed by atoms with E-state index in [0.29, 0.717) is 18.9 Å². The van der Waals surface area contributed by atoms with Crippen LogP contribution in [0.3, 0.4) is 0 Å². The van der Waals surface area contributed by atoms with Crippen molar-refractivity contribution in [3.63, 3.8) is 0 Å². The number of carbonyl (C=O) groups excluding carboxylic acids is 1. The molecule has 0 saturated carbocycles. The molecule has 0 aliphatic rings. The predicted molar refractivity (Wildman–Crippen MR) is 74.5 cm³/mol. The van der Waals surface area contributed by atoms with E-state index < -0.39 is 5.97 Å². The van der Waals surface area contributed by atoms with E-state index in [2.05, 4.69) is 10.1 Å². The first-order valence-electron chi connectivity index (χ1n) is 6.22. The lowest BCUT2D eigenvalue weighted by Gasteiger charge is -2.10. The standard InChI is InChI=1S/C15H17NO4/c1-18-10-11-5-3-4-6-13(11)16-9-12-7-8-14(20-12)15(17)19-2/h3-8,16H,9-10H2,1-2H3. The molecule has 0 saturated heterocycles. The molecule has 20 heavy (non-hydrogen) atoms. The minimum atomic E-state index is -0.476. The molecule has 0 aliphatic heterocycles. The molecule has 0 bridgehead atoms. The zero-order valence-electron chi connectivity index (χ0n) is 11.5. The normalized spacial score (nSPS) is 10.3. The van der Waals surface area contributed by atoms with Crippen LogP contribution in [-0.2, 0) is 22.6 Å². The minimum absolute atomic E-state index is 0.203. The van der Waals surface area contributed by atoms with Gasteiger partial charge in [0.1, 0.15) is 5.76 Å². The fourth-order valence-electron chi connectivity index (χ4n) is 1.84. The molecule has 0 unspecified atom stereocenters. The molecule has 1 heterocycles. The van der Waals surface area contributed by atoms with Gasteiger partial charge in [-0.15, -0.1) is 0 Å². The number of carbonyl (C=O) groups is 1. The number of nitrogens with one attached hydrogen (secondary N) is 1. The van der Waals surface area contributed by atoms with E-state index >= 15 is 0 Å². The summed E-state index contributed by atoms with van der Waals surface area (Å²) in [4.78, 5) is 11.3. The Kier molecular flexibility index (Phi) is 4.79. The molecule has 2 aromatic rings. The quantitative estimate of drug-likeness (QED) is 0.821. The molecule has 0 fully saturated rings. The van der Waals surface area contributed by atoms with Crippen molar-refractivity contribution in [1.29, 1.82) is 0 Å². The van der Waals surface area contributed by atoms with Gasteiger partial charge in [-0.25, -0.2) is 4.79 Å². The summed E-state index contributed by atoms with van der Waals surface area (Å²) in [7, 11) is 2.98. The highest BCUT2D eigenvalue weighted by atomic mass is 16.5. The van der Waals surface area contributed by atoms with Crippen LogP contribution in [-0.4, -0.2) is 20.2 Å². The van der Waals surface area contributed by atoms with E-state index in [1.54, 1.807) is 19.2 Å². The second kappa shape index (κ2) is 6.77. The van der Waals surface area contributed by atoms with Gasteiger partial charge in [-0.2, -0.15) is 0 Å². The van der Waals surface area contributed by atoms with Crippen molar-refractivity contribution in [1.82, 2.24) is 0 Å². The zero-order valence-corrected chi connectivity index (χ0v) is 11.5. The molecular weight excluding hydrogens is 258 g/mol. The first kappa shape index (κ1) is 14.1. The van der Waals surface area contributed by atoms with Gasteiger partial charge < -0.3 is 19.2 Å². The van der Waals surface area contributed by atoms with Gasteiger partial charge in [-0.3, -0.25) is 0 Å². The monoisotopic (exact) mass is 275 g/mol. The van der Waals surface area contributed by atoms with Crippen molar-refractivity contribution < 1.29 is 18.7 Å². The predicted octanol–water partition coefficient (Wildman–Crippen LogP) is 2.82. The highest BCUT2D eigenvalue weighted by Crippen LogP contribution is 2.18. The van der Waals surface area contributed by atoms with Crippen molar-refractivity contribution in [2.75, 3.05) is 19.5 Å². The topological polar surface area (TPSA) is 60.7 Å². The first-order valence-corrected chi connectivity index (χ1v) is 6.22. The van der Waals surface area contributed by atoms with Gasteiger partial charge in [0, 0.05) is 18.4 Å². The van der Waals surface area contributed by atoms with Crippen LogP contribution in [0.1, 0.15) is 21.9 Å². The van der Waals surface area contributed by atoms with Crippen LogP contribution in [0.5, 0.6) is 0 Å². The number of furan rings is 1. The highest BCUT2D eigenvalue weighted by molar-refractivity contribution is 5.86. The SMILES string of the molecule is COCc1ccccc1NCc1ccc(C(=O)OC)o1. The molecular formula is C15H17NO4. The Morgan fingerprint density at radius 1 is 1.20 bits per heavy atom. The molecule has 0 atom stereocenters. The number of methoxy groups -OCH3 is 2. The number of ether oxygens (including phenoxy) is 2. The lowest BCUT2D eigenvalue weighted by atomic mass is 10.2. The van der Waals surface area contributed by atoms with E-state index in [0.717, 1.165) is 11.3 Å². The average molecular weight is 275 g/mol. The van der Waals surface area contributed by atoms with E-state index in [9.17, 15) is 4.79 Å². The second-order valence-corrected chi connectivity index (χ2v) is 4.20. The molecule has 1 aromatic heterocycles. The lowest BCUT2D eigenvalue weighted by Crippen LogP contribution is -2.02. The lowest BCUT2D eigenvalue weighted by molar-refractivity contribution is 0.0563. The molecule has 1 aromatic carbocycles. The summed E-state index contributed by atoms with van der Waals surface area (Å²) in [5, 5.41) is 3.26. The number of para-hydroxylation sites is 1. The van der Waals surface area contributed by atoms with Crippen molar-refractivity contribution in [2.24, 2.45) is 0 Å². The fraction of sp³-hybridized carbons (Fsp3) is 0.267. The van der Waals surface area contributed by atoms with Crippen LogP contribution in [0.2, 0.25) is 0 Å². The van der Waals surface area contributed by atoms with E-state index in [4.69, 9.17) is 9.15 Å². The Balaban J connectivity index is 2.02. The zero-order chi connectivity index (χ0) is 14.4. The first-order chi connectivity index (χ1) is 9.74. The van der Waals surface area contributed by atoms with Gasteiger partial charge in [0.05, 0.1) is 20.3 Å². The number of esters is 1. The Bertz CT molecular complexity index is 577. The number of rotatable bonds is 6. The number of benzene rings is 1. The third kappa shape index (κ3) is 3.39. The van der Waals surface area contributed by atoms with Crippen LogP contribution < -0.4 is 5.32 Å². The summed E-state index contributed by atoms with van der Waals surface area (Å²) in [6.45, 7) is 1.02. The van der Waals surface area contributed by atoms with Gasteiger partial charge in [-0.05, 0) is 18.2 Å². The maximum absolute atomic E-state index is 11.3. The van der Waals surface area contributed by atoms with Gasteiger partial charge >= 0.3 is 5.97 Å². The maximum atomic E-state index is 11.3. The van der Waals surface area contributed by atoms with Gasteiger partial charge in [0.2, 0.25) is 5.76 Å². The summed E-state index contributed by atoms with van der Waals surface area (Å²) in [6, 6.07) is 11.2. The molecule has 2 rings (SSSR count). The van der Waals surface area contributed by atoms with Crippen molar-refractivity contribution in [3.8, 4) is 0 Å². The molecule has 106 valence electrons. The summed E-state index contributed by atoms with van der Waals surface area (Å²) < 4.78 is 15.1. The Morgan fingerprint density at radius 3 is 2.75 bits per heavy atom. The van der Waals surface area contributed by atoms with Crippen LogP contribution in [0, 0.1) is 0 Å². The minimum Gasteiger partial charge on any atom is -0.463 e. The van der Waals surface area contributed by atoms with Crippen LogP contribution in [0.4, 0.5) is 5.69 Å². The summed E-state index contributed by atoms with van der Waals surface area (Å²) in [5.74, 6) is 0.392. The summed E-state index contributed by atoms with van der Waals surface area (Å²) >= 11 is 0. The largest absolute Gasteiger partial charge is 0.463 e. The van der Waals surface area contributed by atoms with Gasteiger partial charge in [0.25, 0.3) is 0 Å². The van der Waals surface area contributed by atoms with E-state index in [1.165, 1.54) is 7.11 Å². The Hall–Kier alpha value is -2.27. The number of hydrogen-bond acceptors (Lipinski definition) is 5. The van der Waals surface area contributed by atoms with Gasteiger partial charge in [0.15, 0.2) is 0 Å². The van der Waals surface area contributed by atoms with E-state index in [1.807, 2.05) is 24.3 Å². The molecule has 5 nitrogen and oxygen atoms in total. The van der Waals surface area contributed by atoms with Crippen molar-refractivity contribution >= 4 is 11.7 Å². The fourth-order valence-corrected chi connectivity index (χ4v) is 1.84. The summed E-state index contributed by atoms with van der Waals surface area (Å²) in [5.41, 5.74) is 2.04. The Morgan fingerprint density at radius 2 is 2.00 bits per heavy atom. The average Bonchev–Trinajstić information content (AvgIpc) is 2.95. The highest BCUT2D eigenvalue weighted by Gasteiger charge is 2.11. The third-order valence-corrected chi connectivity index (χ3v) is 2.82. The molecule has 0 aliphatic carbocycles.